The first-order valence-electron chi connectivity index (χ1n) is 9.09. The van der Waals surface area contributed by atoms with Crippen LogP contribution >= 0.6 is 0 Å². The third-order valence-corrected chi connectivity index (χ3v) is 4.60. The van der Waals surface area contributed by atoms with Crippen molar-refractivity contribution in [2.24, 2.45) is 0 Å². The molecule has 8 nitrogen and oxygen atoms in total. The van der Waals surface area contributed by atoms with Crippen molar-refractivity contribution >= 4 is 17.7 Å². The highest BCUT2D eigenvalue weighted by Crippen LogP contribution is 2.31. The van der Waals surface area contributed by atoms with Gasteiger partial charge in [0, 0.05) is 31.1 Å². The lowest BCUT2D eigenvalue weighted by molar-refractivity contribution is -0.119. The number of amides is 2. The number of nitrogens with one attached hydrogen (secondary N) is 1. The van der Waals surface area contributed by atoms with Gasteiger partial charge in [-0.3, -0.25) is 14.3 Å². The van der Waals surface area contributed by atoms with Gasteiger partial charge in [-0.15, -0.1) is 0 Å². The van der Waals surface area contributed by atoms with Crippen LogP contribution in [0, 0.1) is 11.6 Å². The number of hydrogen-bond donors (Lipinski definition) is 1. The number of aromatic nitrogens is 3. The Morgan fingerprint density at radius 2 is 2.07 bits per heavy atom. The van der Waals surface area contributed by atoms with Crippen molar-refractivity contribution in [1.82, 2.24) is 19.9 Å². The monoisotopic (exact) mass is 413 g/mol. The first kappa shape index (κ1) is 19.5. The third kappa shape index (κ3) is 3.84. The lowest BCUT2D eigenvalue weighted by Crippen LogP contribution is -2.33. The maximum absolute atomic E-state index is 14.8. The molecular formula is C20H17F2N5O3. The lowest BCUT2D eigenvalue weighted by Gasteiger charge is -2.15. The summed E-state index contributed by atoms with van der Waals surface area (Å²) in [7, 11) is 0. The van der Waals surface area contributed by atoms with Crippen LogP contribution in [0.5, 0.6) is 0 Å². The molecule has 1 aliphatic rings. The minimum atomic E-state index is -0.833. The predicted octanol–water partition coefficient (Wildman–Crippen LogP) is 2.67. The average Bonchev–Trinajstić information content (AvgIpc) is 3.36. The highest BCUT2D eigenvalue weighted by atomic mass is 19.1. The van der Waals surface area contributed by atoms with E-state index in [2.05, 4.69) is 15.3 Å². The molecule has 0 aliphatic carbocycles. The summed E-state index contributed by atoms with van der Waals surface area (Å²) in [5.41, 5.74) is 0.0470. The van der Waals surface area contributed by atoms with Gasteiger partial charge in [-0.05, 0) is 24.3 Å². The van der Waals surface area contributed by atoms with Crippen molar-refractivity contribution in [3.63, 3.8) is 0 Å². The molecule has 0 bridgehead atoms. The van der Waals surface area contributed by atoms with Gasteiger partial charge in [-0.2, -0.15) is 0 Å². The summed E-state index contributed by atoms with van der Waals surface area (Å²) < 4.78 is 36.4. The molecule has 0 unspecified atom stereocenters. The Bertz CT molecular complexity index is 1060. The fraction of sp³-hybridized carbons (Fsp3) is 0.200. The normalized spacial score (nSPS) is 15.9. The second-order valence-corrected chi connectivity index (χ2v) is 6.71. The molecule has 30 heavy (non-hydrogen) atoms. The molecule has 1 atom stereocenters. The molecule has 10 heteroatoms. The fourth-order valence-corrected chi connectivity index (χ4v) is 3.17. The Balaban J connectivity index is 1.57. The molecule has 0 saturated carbocycles. The fourth-order valence-electron chi connectivity index (χ4n) is 3.17. The molecular weight excluding hydrogens is 396 g/mol. The second-order valence-electron chi connectivity index (χ2n) is 6.71. The number of benzene rings is 1. The van der Waals surface area contributed by atoms with Crippen molar-refractivity contribution in [2.45, 2.75) is 13.0 Å². The first-order valence-corrected chi connectivity index (χ1v) is 9.09. The topological polar surface area (TPSA) is 89.4 Å². The van der Waals surface area contributed by atoms with Crippen molar-refractivity contribution in [3.8, 4) is 16.9 Å². The molecule has 1 saturated heterocycles. The van der Waals surface area contributed by atoms with E-state index in [1.165, 1.54) is 13.1 Å². The van der Waals surface area contributed by atoms with Gasteiger partial charge in [0.15, 0.2) is 0 Å². The van der Waals surface area contributed by atoms with E-state index in [0.29, 0.717) is 5.82 Å². The summed E-state index contributed by atoms with van der Waals surface area (Å²) in [6.07, 6.45) is 4.89. The summed E-state index contributed by atoms with van der Waals surface area (Å²) in [5.74, 6) is -1.38. The SMILES string of the molecule is CC(=O)NC[C@H]1CN(c2cc(F)c(-c3ccc(-n4ccnc4)nc3)c(F)c2)C(=O)O1. The molecule has 0 radical (unpaired) electrons. The summed E-state index contributed by atoms with van der Waals surface area (Å²) in [6.45, 7) is 1.53. The Kier molecular flexibility index (Phi) is 5.13. The van der Waals surface area contributed by atoms with Gasteiger partial charge in [0.25, 0.3) is 0 Å². The first-order chi connectivity index (χ1) is 14.4. The molecule has 1 fully saturated rings. The molecule has 0 spiro atoms. The van der Waals surface area contributed by atoms with E-state index in [9.17, 15) is 18.4 Å². The molecule has 3 aromatic rings. The number of hydrogen-bond acceptors (Lipinski definition) is 5. The highest BCUT2D eigenvalue weighted by molar-refractivity contribution is 5.90. The maximum atomic E-state index is 14.8. The van der Waals surface area contributed by atoms with Crippen molar-refractivity contribution in [3.05, 3.63) is 60.8 Å². The predicted molar refractivity (Wildman–Crippen MR) is 103 cm³/mol. The van der Waals surface area contributed by atoms with E-state index >= 15 is 0 Å². The van der Waals surface area contributed by atoms with E-state index in [1.54, 1.807) is 35.4 Å². The van der Waals surface area contributed by atoms with E-state index < -0.39 is 23.8 Å². The van der Waals surface area contributed by atoms with Gasteiger partial charge < -0.3 is 10.1 Å². The number of imidazole rings is 1. The van der Waals surface area contributed by atoms with Crippen LogP contribution in [-0.2, 0) is 9.53 Å². The van der Waals surface area contributed by atoms with Gasteiger partial charge in [0.05, 0.1) is 24.3 Å². The second kappa shape index (κ2) is 7.90. The number of pyridine rings is 1. The number of ether oxygens (including phenoxy) is 1. The lowest BCUT2D eigenvalue weighted by atomic mass is 10.1. The Labute approximate surface area is 170 Å². The number of cyclic esters (lactones) is 1. The maximum Gasteiger partial charge on any atom is 0.414 e. The molecule has 4 rings (SSSR count). The van der Waals surface area contributed by atoms with Crippen LogP contribution in [0.3, 0.4) is 0 Å². The van der Waals surface area contributed by atoms with Crippen molar-refractivity contribution in [2.75, 3.05) is 18.0 Å². The summed E-state index contributed by atoms with van der Waals surface area (Å²) in [4.78, 5) is 32.4. The van der Waals surface area contributed by atoms with Crippen LogP contribution in [0.15, 0.2) is 49.2 Å². The quantitative estimate of drug-likeness (QED) is 0.695. The summed E-state index contributed by atoms with van der Waals surface area (Å²) >= 11 is 0. The largest absolute Gasteiger partial charge is 0.442 e. The van der Waals surface area contributed by atoms with Crippen molar-refractivity contribution < 1.29 is 23.1 Å². The van der Waals surface area contributed by atoms with Gasteiger partial charge in [-0.25, -0.2) is 23.5 Å². The molecule has 2 aromatic heterocycles. The van der Waals surface area contributed by atoms with Crippen LogP contribution in [0.2, 0.25) is 0 Å². The smallest absolute Gasteiger partial charge is 0.414 e. The standard InChI is InChI=1S/C20H17F2N5O3/c1-12(28)24-9-15-10-27(20(29)30-15)14-6-16(21)19(17(22)7-14)13-2-3-18(25-8-13)26-5-4-23-11-26/h2-8,11,15H,9-10H2,1H3,(H,24,28)/t15-/m0/s1. The zero-order valence-electron chi connectivity index (χ0n) is 15.9. The van der Waals surface area contributed by atoms with E-state index in [4.69, 9.17) is 4.74 Å². The van der Waals surface area contributed by atoms with Crippen LogP contribution in [-0.4, -0.2) is 45.7 Å². The molecule has 3 heterocycles. The molecule has 2 amide bonds. The van der Waals surface area contributed by atoms with Crippen LogP contribution in [0.25, 0.3) is 16.9 Å². The zero-order chi connectivity index (χ0) is 21.3. The number of carbonyl (C=O) groups is 2. The minimum absolute atomic E-state index is 0.0343. The highest BCUT2D eigenvalue weighted by Gasteiger charge is 2.33. The zero-order valence-corrected chi connectivity index (χ0v) is 15.9. The number of halogens is 2. The Morgan fingerprint density at radius 1 is 1.30 bits per heavy atom. The molecule has 1 aliphatic heterocycles. The number of carbonyl (C=O) groups excluding carboxylic acids is 2. The van der Waals surface area contributed by atoms with Gasteiger partial charge in [0.1, 0.15) is 29.9 Å². The van der Waals surface area contributed by atoms with Crippen LogP contribution in [0.1, 0.15) is 6.92 Å². The average molecular weight is 413 g/mol. The number of anilines is 1. The van der Waals surface area contributed by atoms with E-state index in [0.717, 1.165) is 17.0 Å². The minimum Gasteiger partial charge on any atom is -0.442 e. The van der Waals surface area contributed by atoms with Gasteiger partial charge in [-0.1, -0.05) is 0 Å². The molecule has 1 N–H and O–H groups in total. The Morgan fingerprint density at radius 3 is 2.67 bits per heavy atom. The van der Waals surface area contributed by atoms with Gasteiger partial charge >= 0.3 is 6.09 Å². The van der Waals surface area contributed by atoms with Gasteiger partial charge in [0.2, 0.25) is 5.91 Å². The third-order valence-electron chi connectivity index (χ3n) is 4.60. The van der Waals surface area contributed by atoms with Crippen molar-refractivity contribution in [1.29, 1.82) is 0 Å². The molecule has 154 valence electrons. The Hall–Kier alpha value is -3.82. The van der Waals surface area contributed by atoms with E-state index in [1.807, 2.05) is 0 Å². The number of rotatable bonds is 5. The summed E-state index contributed by atoms with van der Waals surface area (Å²) in [5, 5.41) is 2.54. The molecule has 1 aromatic carbocycles. The number of nitrogens with zero attached hydrogens (tertiary/aromatic N) is 4. The van der Waals surface area contributed by atoms with E-state index in [-0.39, 0.29) is 35.8 Å². The van der Waals surface area contributed by atoms with Crippen LogP contribution < -0.4 is 10.2 Å². The summed E-state index contributed by atoms with van der Waals surface area (Å²) in [6, 6.07) is 5.32. The van der Waals surface area contributed by atoms with Crippen LogP contribution in [0.4, 0.5) is 19.3 Å².